The normalized spacial score (nSPS) is 17.6. The van der Waals surface area contributed by atoms with E-state index in [1.54, 1.807) is 12.1 Å². The van der Waals surface area contributed by atoms with Crippen LogP contribution in [0, 0.1) is 5.82 Å². The van der Waals surface area contributed by atoms with E-state index in [9.17, 15) is 13.6 Å². The summed E-state index contributed by atoms with van der Waals surface area (Å²) in [4.78, 5) is 15.3. The topological polar surface area (TPSA) is 41.5 Å². The number of anilines is 1. The van der Waals surface area contributed by atoms with E-state index in [1.165, 1.54) is 30.3 Å². The number of benzodiazepines with no additional fused rings is 1. The summed E-state index contributed by atoms with van der Waals surface area (Å²) in [6.45, 7) is 0. The number of hydrogen-bond acceptors (Lipinski definition) is 2. The Bertz CT molecular complexity index is 761. The zero-order valence-electron chi connectivity index (χ0n) is 10.6. The SMILES string of the molecule is O=C1Nc2ccc(Cl)cc2C(c2ccccc2F)=NC1F. The molecule has 0 aromatic heterocycles. The first-order valence-corrected chi connectivity index (χ1v) is 6.51. The van der Waals surface area contributed by atoms with E-state index in [0.717, 1.165) is 0 Å². The zero-order chi connectivity index (χ0) is 15.0. The summed E-state index contributed by atoms with van der Waals surface area (Å²) in [5.41, 5.74) is 0.879. The minimum atomic E-state index is -2.11. The molecule has 0 aliphatic carbocycles. The molecule has 1 N–H and O–H groups in total. The Morgan fingerprint density at radius 3 is 2.67 bits per heavy atom. The molecule has 1 unspecified atom stereocenters. The van der Waals surface area contributed by atoms with Crippen LogP contribution in [0.1, 0.15) is 11.1 Å². The highest BCUT2D eigenvalue weighted by Gasteiger charge is 2.26. The van der Waals surface area contributed by atoms with Gasteiger partial charge < -0.3 is 5.32 Å². The molecular weight excluding hydrogens is 298 g/mol. The van der Waals surface area contributed by atoms with Gasteiger partial charge in [0.25, 0.3) is 12.2 Å². The third-order valence-electron chi connectivity index (χ3n) is 3.08. The summed E-state index contributed by atoms with van der Waals surface area (Å²) in [5.74, 6) is -1.45. The number of nitrogens with zero attached hydrogens (tertiary/aromatic N) is 1. The lowest BCUT2D eigenvalue weighted by molar-refractivity contribution is -0.120. The molecule has 0 saturated heterocycles. The standard InChI is InChI=1S/C15H9ClF2N2O/c16-8-5-6-12-10(7-8)13(20-14(18)15(21)19-12)9-3-1-2-4-11(9)17/h1-7,14H,(H,19,21). The molecule has 2 aromatic carbocycles. The van der Waals surface area contributed by atoms with E-state index < -0.39 is 18.0 Å². The summed E-state index contributed by atoms with van der Waals surface area (Å²) < 4.78 is 27.8. The number of fused-ring (bicyclic) bond motifs is 1. The minimum Gasteiger partial charge on any atom is -0.321 e. The number of hydrogen-bond donors (Lipinski definition) is 1. The predicted molar refractivity (Wildman–Crippen MR) is 77.0 cm³/mol. The Kier molecular flexibility index (Phi) is 3.43. The lowest BCUT2D eigenvalue weighted by Crippen LogP contribution is -2.21. The van der Waals surface area contributed by atoms with Gasteiger partial charge in [-0.2, -0.15) is 0 Å². The average Bonchev–Trinajstić information content (AvgIpc) is 2.58. The third kappa shape index (κ3) is 2.52. The molecule has 0 saturated carbocycles. The first-order valence-electron chi connectivity index (χ1n) is 6.14. The van der Waals surface area contributed by atoms with E-state index in [2.05, 4.69) is 10.3 Å². The van der Waals surface area contributed by atoms with E-state index in [-0.39, 0.29) is 11.3 Å². The Morgan fingerprint density at radius 2 is 1.90 bits per heavy atom. The Hall–Kier alpha value is -2.27. The van der Waals surface area contributed by atoms with Crippen LogP contribution in [0.15, 0.2) is 47.5 Å². The van der Waals surface area contributed by atoms with Gasteiger partial charge in [-0.25, -0.2) is 13.8 Å². The number of benzene rings is 2. The van der Waals surface area contributed by atoms with Crippen LogP contribution in [0.5, 0.6) is 0 Å². The van der Waals surface area contributed by atoms with Crippen molar-refractivity contribution in [1.29, 1.82) is 0 Å². The van der Waals surface area contributed by atoms with Crippen LogP contribution in [0.3, 0.4) is 0 Å². The number of aliphatic imine (C=N–C) groups is 1. The van der Waals surface area contributed by atoms with E-state index in [1.807, 2.05) is 0 Å². The molecule has 3 nitrogen and oxygen atoms in total. The van der Waals surface area contributed by atoms with E-state index >= 15 is 0 Å². The van der Waals surface area contributed by atoms with Gasteiger partial charge in [0, 0.05) is 16.1 Å². The fraction of sp³-hybridized carbons (Fsp3) is 0.0667. The van der Waals surface area contributed by atoms with Crippen molar-refractivity contribution in [2.45, 2.75) is 6.30 Å². The van der Waals surface area contributed by atoms with Crippen LogP contribution < -0.4 is 5.32 Å². The van der Waals surface area contributed by atoms with Crippen LogP contribution in [0.4, 0.5) is 14.5 Å². The van der Waals surface area contributed by atoms with Gasteiger partial charge in [0.15, 0.2) is 0 Å². The maximum Gasteiger partial charge on any atom is 0.281 e. The fourth-order valence-corrected chi connectivity index (χ4v) is 2.30. The molecule has 1 amide bonds. The van der Waals surface area contributed by atoms with Crippen LogP contribution >= 0.6 is 11.6 Å². The molecule has 1 aliphatic rings. The van der Waals surface area contributed by atoms with Crippen LogP contribution in [-0.4, -0.2) is 17.9 Å². The van der Waals surface area contributed by atoms with Gasteiger partial charge in [0.1, 0.15) is 5.82 Å². The third-order valence-corrected chi connectivity index (χ3v) is 3.32. The van der Waals surface area contributed by atoms with Crippen molar-refractivity contribution in [3.8, 4) is 0 Å². The predicted octanol–water partition coefficient (Wildman–Crippen LogP) is 3.56. The minimum absolute atomic E-state index is 0.0523. The second kappa shape index (κ2) is 5.26. The van der Waals surface area contributed by atoms with Crippen molar-refractivity contribution < 1.29 is 13.6 Å². The number of amides is 1. The molecule has 1 atom stereocenters. The Balaban J connectivity index is 2.27. The van der Waals surface area contributed by atoms with Crippen LogP contribution in [0.25, 0.3) is 0 Å². The Morgan fingerprint density at radius 1 is 1.14 bits per heavy atom. The first-order chi connectivity index (χ1) is 10.1. The summed E-state index contributed by atoms with van der Waals surface area (Å²) in [5, 5.41) is 2.79. The highest BCUT2D eigenvalue weighted by atomic mass is 35.5. The first kappa shape index (κ1) is 13.7. The van der Waals surface area contributed by atoms with Gasteiger partial charge >= 0.3 is 0 Å². The summed E-state index contributed by atoms with van der Waals surface area (Å²) in [6.07, 6.45) is -2.11. The van der Waals surface area contributed by atoms with Gasteiger partial charge in [-0.15, -0.1) is 0 Å². The quantitative estimate of drug-likeness (QED) is 0.804. The molecule has 0 spiro atoms. The fourth-order valence-electron chi connectivity index (χ4n) is 2.12. The molecule has 0 fully saturated rings. The van der Waals surface area contributed by atoms with Gasteiger partial charge in [-0.3, -0.25) is 4.79 Å². The van der Waals surface area contributed by atoms with E-state index in [4.69, 9.17) is 11.6 Å². The second-order valence-electron chi connectivity index (χ2n) is 4.47. The molecule has 1 heterocycles. The average molecular weight is 307 g/mol. The molecule has 21 heavy (non-hydrogen) atoms. The maximum absolute atomic E-state index is 14.0. The maximum atomic E-state index is 14.0. The molecule has 106 valence electrons. The number of carbonyl (C=O) groups excluding carboxylic acids is 1. The summed E-state index contributed by atoms with van der Waals surface area (Å²) >= 11 is 5.94. The Labute approximate surface area is 124 Å². The van der Waals surface area contributed by atoms with Gasteiger partial charge in [0.2, 0.25) is 0 Å². The van der Waals surface area contributed by atoms with Gasteiger partial charge in [-0.1, -0.05) is 23.7 Å². The van der Waals surface area contributed by atoms with E-state index in [0.29, 0.717) is 16.3 Å². The molecule has 0 radical (unpaired) electrons. The largest absolute Gasteiger partial charge is 0.321 e. The molecule has 6 heteroatoms. The summed E-state index contributed by atoms with van der Waals surface area (Å²) in [6, 6.07) is 10.4. The molecular formula is C15H9ClF2N2O. The zero-order valence-corrected chi connectivity index (χ0v) is 11.4. The van der Waals surface area contributed by atoms with Gasteiger partial charge in [-0.05, 0) is 30.3 Å². The van der Waals surface area contributed by atoms with Crippen LogP contribution in [-0.2, 0) is 4.79 Å². The number of halogens is 3. The molecule has 2 aromatic rings. The lowest BCUT2D eigenvalue weighted by Gasteiger charge is -2.10. The molecule has 0 bridgehead atoms. The van der Waals surface area contributed by atoms with Crippen LogP contribution in [0.2, 0.25) is 5.02 Å². The highest BCUT2D eigenvalue weighted by molar-refractivity contribution is 6.32. The summed E-state index contributed by atoms with van der Waals surface area (Å²) in [7, 11) is 0. The number of rotatable bonds is 1. The highest BCUT2D eigenvalue weighted by Crippen LogP contribution is 2.28. The molecule has 1 aliphatic heterocycles. The van der Waals surface area contributed by atoms with Crippen molar-refractivity contribution in [1.82, 2.24) is 0 Å². The lowest BCUT2D eigenvalue weighted by atomic mass is 10.00. The number of carbonyl (C=O) groups is 1. The van der Waals surface area contributed by atoms with Crippen molar-refractivity contribution in [2.24, 2.45) is 4.99 Å². The van der Waals surface area contributed by atoms with Crippen molar-refractivity contribution >= 4 is 28.9 Å². The second-order valence-corrected chi connectivity index (χ2v) is 4.91. The van der Waals surface area contributed by atoms with Crippen molar-refractivity contribution in [2.75, 3.05) is 5.32 Å². The van der Waals surface area contributed by atoms with Crippen molar-refractivity contribution in [3.05, 3.63) is 64.4 Å². The van der Waals surface area contributed by atoms with Gasteiger partial charge in [0.05, 0.1) is 11.4 Å². The number of nitrogens with one attached hydrogen (secondary N) is 1. The molecule has 3 rings (SSSR count). The van der Waals surface area contributed by atoms with Crippen molar-refractivity contribution in [3.63, 3.8) is 0 Å². The smallest absolute Gasteiger partial charge is 0.281 e. The number of alkyl halides is 1. The monoisotopic (exact) mass is 306 g/mol.